The van der Waals surface area contributed by atoms with Crippen LogP contribution in [0.4, 0.5) is 23.2 Å². The van der Waals surface area contributed by atoms with Crippen LogP contribution in [0.1, 0.15) is 24.1 Å². The average molecular weight is 283 g/mol. The fourth-order valence-corrected chi connectivity index (χ4v) is 1.92. The number of nitrogens with one attached hydrogen (secondary N) is 1. The molecule has 0 aliphatic rings. The summed E-state index contributed by atoms with van der Waals surface area (Å²) in [5.74, 6) is -2.76. The van der Waals surface area contributed by atoms with Gasteiger partial charge in [0.2, 0.25) is 0 Å². The molecule has 106 valence electrons. The number of aryl methyl sites for hydroxylation is 1. The zero-order valence-corrected chi connectivity index (χ0v) is 11.0. The Balaban J connectivity index is 2.33. The van der Waals surface area contributed by atoms with E-state index in [4.69, 9.17) is 0 Å². The van der Waals surface area contributed by atoms with Crippen molar-refractivity contribution in [2.75, 3.05) is 5.32 Å². The Bertz CT molecular complexity index is 620. The molecule has 0 amide bonds. The molecule has 0 saturated heterocycles. The number of hydrogen-bond acceptors (Lipinski definition) is 1. The van der Waals surface area contributed by atoms with Crippen molar-refractivity contribution in [3.8, 4) is 0 Å². The molecule has 0 bridgehead atoms. The molecule has 1 nitrogen and oxygen atoms in total. The van der Waals surface area contributed by atoms with Gasteiger partial charge in [-0.15, -0.1) is 0 Å². The fourth-order valence-electron chi connectivity index (χ4n) is 1.92. The van der Waals surface area contributed by atoms with Crippen molar-refractivity contribution in [1.82, 2.24) is 0 Å². The first kappa shape index (κ1) is 14.4. The van der Waals surface area contributed by atoms with E-state index >= 15 is 0 Å². The van der Waals surface area contributed by atoms with Gasteiger partial charge in [-0.25, -0.2) is 17.6 Å². The lowest BCUT2D eigenvalue weighted by molar-refractivity contribution is 0.563. The van der Waals surface area contributed by atoms with Gasteiger partial charge in [0.15, 0.2) is 0 Å². The lowest BCUT2D eigenvalue weighted by Crippen LogP contribution is -2.12. The number of hydrogen-bond donors (Lipinski definition) is 1. The maximum Gasteiger partial charge on any atom is 0.149 e. The second-order valence-electron chi connectivity index (χ2n) is 4.59. The van der Waals surface area contributed by atoms with Crippen molar-refractivity contribution < 1.29 is 17.6 Å². The van der Waals surface area contributed by atoms with Crippen LogP contribution >= 0.6 is 0 Å². The van der Waals surface area contributed by atoms with E-state index in [1.807, 2.05) is 0 Å². The Morgan fingerprint density at radius 3 is 2.10 bits per heavy atom. The highest BCUT2D eigenvalue weighted by molar-refractivity contribution is 5.48. The highest BCUT2D eigenvalue weighted by Gasteiger charge is 2.17. The molecule has 0 radical (unpaired) electrons. The van der Waals surface area contributed by atoms with Gasteiger partial charge in [-0.2, -0.15) is 0 Å². The van der Waals surface area contributed by atoms with Gasteiger partial charge < -0.3 is 5.32 Å². The van der Waals surface area contributed by atoms with E-state index in [2.05, 4.69) is 5.32 Å². The van der Waals surface area contributed by atoms with E-state index < -0.39 is 29.3 Å². The quantitative estimate of drug-likeness (QED) is 0.803. The zero-order chi connectivity index (χ0) is 14.9. The molecule has 20 heavy (non-hydrogen) atoms. The highest BCUT2D eigenvalue weighted by Crippen LogP contribution is 2.27. The summed E-state index contributed by atoms with van der Waals surface area (Å²) in [6.07, 6.45) is 0. The molecule has 1 unspecified atom stereocenters. The number of halogens is 4. The standard InChI is InChI=1S/C15H13F4N/c1-8-6-14(19)10(7-13(8)18)9(2)20-15-11(16)4-3-5-12(15)17/h3-7,9,20H,1-2H3. The summed E-state index contributed by atoms with van der Waals surface area (Å²) in [4.78, 5) is 0. The normalized spacial score (nSPS) is 12.3. The molecule has 0 saturated carbocycles. The van der Waals surface area contributed by atoms with Gasteiger partial charge in [0.05, 0.1) is 6.04 Å². The molecule has 0 aliphatic heterocycles. The summed E-state index contributed by atoms with van der Waals surface area (Å²) in [6, 6.07) is 4.71. The van der Waals surface area contributed by atoms with Crippen LogP contribution in [-0.4, -0.2) is 0 Å². The second-order valence-corrected chi connectivity index (χ2v) is 4.59. The van der Waals surface area contributed by atoms with Gasteiger partial charge in [0, 0.05) is 5.56 Å². The van der Waals surface area contributed by atoms with Gasteiger partial charge in [0.1, 0.15) is 29.0 Å². The predicted octanol–water partition coefficient (Wildman–Crippen LogP) is 4.72. The molecule has 2 rings (SSSR count). The summed E-state index contributed by atoms with van der Waals surface area (Å²) in [6.45, 7) is 2.94. The van der Waals surface area contributed by atoms with Crippen LogP contribution < -0.4 is 5.32 Å². The maximum atomic E-state index is 13.8. The van der Waals surface area contributed by atoms with E-state index in [0.29, 0.717) is 0 Å². The first-order valence-electron chi connectivity index (χ1n) is 6.06. The molecule has 1 N–H and O–H groups in total. The van der Waals surface area contributed by atoms with Crippen molar-refractivity contribution in [1.29, 1.82) is 0 Å². The smallest absolute Gasteiger partial charge is 0.149 e. The number of anilines is 1. The van der Waals surface area contributed by atoms with Gasteiger partial charge in [-0.05, 0) is 43.7 Å². The monoisotopic (exact) mass is 283 g/mol. The Hall–Kier alpha value is -2.04. The van der Waals surface area contributed by atoms with E-state index in [0.717, 1.165) is 24.3 Å². The molecular formula is C15H13F4N. The SMILES string of the molecule is Cc1cc(F)c(C(C)Nc2c(F)cccc2F)cc1F. The Labute approximate surface area is 114 Å². The Morgan fingerprint density at radius 2 is 1.50 bits per heavy atom. The van der Waals surface area contributed by atoms with E-state index in [9.17, 15) is 17.6 Å². The third-order valence-electron chi connectivity index (χ3n) is 3.07. The van der Waals surface area contributed by atoms with Crippen LogP contribution in [0.2, 0.25) is 0 Å². The highest BCUT2D eigenvalue weighted by atomic mass is 19.1. The van der Waals surface area contributed by atoms with E-state index in [1.165, 1.54) is 19.9 Å². The third kappa shape index (κ3) is 2.76. The fraction of sp³-hybridized carbons (Fsp3) is 0.200. The molecule has 2 aromatic carbocycles. The van der Waals surface area contributed by atoms with Gasteiger partial charge >= 0.3 is 0 Å². The maximum absolute atomic E-state index is 13.8. The number of rotatable bonds is 3. The van der Waals surface area contributed by atoms with Crippen molar-refractivity contribution in [3.05, 3.63) is 64.7 Å². The van der Waals surface area contributed by atoms with Crippen LogP contribution in [0.3, 0.4) is 0 Å². The average Bonchev–Trinajstić information content (AvgIpc) is 2.38. The predicted molar refractivity (Wildman–Crippen MR) is 69.5 cm³/mol. The molecule has 0 aliphatic carbocycles. The summed E-state index contributed by atoms with van der Waals surface area (Å²) < 4.78 is 54.3. The Morgan fingerprint density at radius 1 is 0.900 bits per heavy atom. The minimum absolute atomic E-state index is 0.00996. The molecular weight excluding hydrogens is 270 g/mol. The molecule has 2 aromatic rings. The van der Waals surface area contributed by atoms with E-state index in [-0.39, 0.29) is 16.8 Å². The van der Waals surface area contributed by atoms with Crippen LogP contribution in [0.15, 0.2) is 30.3 Å². The molecule has 1 atom stereocenters. The van der Waals surface area contributed by atoms with Gasteiger partial charge in [0.25, 0.3) is 0 Å². The third-order valence-corrected chi connectivity index (χ3v) is 3.07. The summed E-state index contributed by atoms with van der Waals surface area (Å²) in [7, 11) is 0. The topological polar surface area (TPSA) is 12.0 Å². The summed E-state index contributed by atoms with van der Waals surface area (Å²) >= 11 is 0. The van der Waals surface area contributed by atoms with Crippen molar-refractivity contribution in [3.63, 3.8) is 0 Å². The summed E-state index contributed by atoms with van der Waals surface area (Å²) in [5.41, 5.74) is -0.174. The molecule has 5 heteroatoms. The minimum atomic E-state index is -0.787. The van der Waals surface area contributed by atoms with Crippen molar-refractivity contribution >= 4 is 5.69 Å². The molecule has 0 fully saturated rings. The largest absolute Gasteiger partial charge is 0.374 e. The number of benzene rings is 2. The van der Waals surface area contributed by atoms with E-state index in [1.54, 1.807) is 0 Å². The molecule has 0 aromatic heterocycles. The van der Waals surface area contributed by atoms with Crippen molar-refractivity contribution in [2.24, 2.45) is 0 Å². The first-order chi connectivity index (χ1) is 9.40. The first-order valence-corrected chi connectivity index (χ1v) is 6.06. The van der Waals surface area contributed by atoms with Crippen LogP contribution in [0, 0.1) is 30.2 Å². The van der Waals surface area contributed by atoms with Crippen molar-refractivity contribution in [2.45, 2.75) is 19.9 Å². The van der Waals surface area contributed by atoms with Gasteiger partial charge in [-0.3, -0.25) is 0 Å². The number of para-hydroxylation sites is 1. The summed E-state index contributed by atoms with van der Waals surface area (Å²) in [5, 5.41) is 2.53. The lowest BCUT2D eigenvalue weighted by atomic mass is 10.0. The molecule has 0 heterocycles. The van der Waals surface area contributed by atoms with Crippen LogP contribution in [0.25, 0.3) is 0 Å². The second kappa shape index (κ2) is 5.53. The Kier molecular flexibility index (Phi) is 3.97. The van der Waals surface area contributed by atoms with Crippen LogP contribution in [-0.2, 0) is 0 Å². The molecule has 0 spiro atoms. The minimum Gasteiger partial charge on any atom is -0.374 e. The zero-order valence-electron chi connectivity index (χ0n) is 11.0. The van der Waals surface area contributed by atoms with Crippen LogP contribution in [0.5, 0.6) is 0 Å². The van der Waals surface area contributed by atoms with Gasteiger partial charge in [-0.1, -0.05) is 6.07 Å². The lowest BCUT2D eigenvalue weighted by Gasteiger charge is -2.18.